The van der Waals surface area contributed by atoms with Gasteiger partial charge in [-0.2, -0.15) is 0 Å². The monoisotopic (exact) mass is 379 g/mol. The van der Waals surface area contributed by atoms with E-state index >= 15 is 0 Å². The molecule has 1 amide bonds. The minimum absolute atomic E-state index is 0.0676. The van der Waals surface area contributed by atoms with E-state index in [0.717, 1.165) is 77.7 Å². The minimum atomic E-state index is 0.0676. The van der Waals surface area contributed by atoms with E-state index in [0.29, 0.717) is 5.41 Å². The van der Waals surface area contributed by atoms with Crippen molar-refractivity contribution >= 4 is 11.9 Å². The van der Waals surface area contributed by atoms with E-state index in [1.54, 1.807) is 4.90 Å². The standard InChI is InChI=1S/C20H37N5O2/c1-4-21-19(25-13-8-20(15-25)9-14-27-16-20)22-10-6-12-24-11-5-7-17(24)18(26)23(2)3/h17H,4-16H2,1-3H3,(H,21,22). The van der Waals surface area contributed by atoms with Crippen LogP contribution >= 0.6 is 0 Å². The smallest absolute Gasteiger partial charge is 0.239 e. The van der Waals surface area contributed by atoms with Crippen molar-refractivity contribution in [2.75, 3.05) is 66.6 Å². The van der Waals surface area contributed by atoms with Gasteiger partial charge in [-0.3, -0.25) is 14.7 Å². The van der Waals surface area contributed by atoms with Crippen LogP contribution in [0.1, 0.15) is 39.0 Å². The van der Waals surface area contributed by atoms with Crippen molar-refractivity contribution in [2.45, 2.75) is 45.1 Å². The number of carbonyl (C=O) groups is 1. The molecule has 154 valence electrons. The molecule has 0 aromatic rings. The summed E-state index contributed by atoms with van der Waals surface area (Å²) < 4.78 is 5.65. The second kappa shape index (κ2) is 9.24. The molecular formula is C20H37N5O2. The molecular weight excluding hydrogens is 342 g/mol. The Balaban J connectivity index is 1.48. The summed E-state index contributed by atoms with van der Waals surface area (Å²) in [6.07, 6.45) is 5.49. The lowest BCUT2D eigenvalue weighted by molar-refractivity contribution is -0.133. The molecule has 0 saturated carbocycles. The first-order valence-corrected chi connectivity index (χ1v) is 10.6. The summed E-state index contributed by atoms with van der Waals surface area (Å²) in [5, 5.41) is 3.46. The molecule has 0 radical (unpaired) electrons. The largest absolute Gasteiger partial charge is 0.381 e. The van der Waals surface area contributed by atoms with Gasteiger partial charge in [-0.05, 0) is 45.6 Å². The molecule has 0 aromatic carbocycles. The van der Waals surface area contributed by atoms with Gasteiger partial charge in [-0.1, -0.05) is 0 Å². The summed E-state index contributed by atoms with van der Waals surface area (Å²) in [6.45, 7) is 9.75. The predicted octanol–water partition coefficient (Wildman–Crippen LogP) is 1.01. The van der Waals surface area contributed by atoms with Crippen LogP contribution in [0.3, 0.4) is 0 Å². The second-order valence-corrected chi connectivity index (χ2v) is 8.49. The molecule has 2 atom stereocenters. The molecule has 3 rings (SSSR count). The van der Waals surface area contributed by atoms with Gasteiger partial charge in [0.25, 0.3) is 0 Å². The summed E-state index contributed by atoms with van der Waals surface area (Å²) in [4.78, 5) is 23.7. The van der Waals surface area contributed by atoms with E-state index in [-0.39, 0.29) is 11.9 Å². The molecule has 27 heavy (non-hydrogen) atoms. The zero-order valence-electron chi connectivity index (χ0n) is 17.4. The molecule has 3 saturated heterocycles. The fourth-order valence-corrected chi connectivity index (χ4v) is 4.64. The van der Waals surface area contributed by atoms with Crippen molar-refractivity contribution in [3.8, 4) is 0 Å². The molecule has 7 nitrogen and oxygen atoms in total. The van der Waals surface area contributed by atoms with E-state index in [2.05, 4.69) is 22.0 Å². The average molecular weight is 380 g/mol. The van der Waals surface area contributed by atoms with Crippen LogP contribution in [-0.2, 0) is 9.53 Å². The summed E-state index contributed by atoms with van der Waals surface area (Å²) in [5.74, 6) is 1.29. The molecule has 0 bridgehead atoms. The van der Waals surface area contributed by atoms with Crippen molar-refractivity contribution in [3.05, 3.63) is 0 Å². The Bertz CT molecular complexity index is 530. The van der Waals surface area contributed by atoms with Crippen LogP contribution in [0.4, 0.5) is 0 Å². The van der Waals surface area contributed by atoms with E-state index in [4.69, 9.17) is 9.73 Å². The summed E-state index contributed by atoms with van der Waals surface area (Å²) >= 11 is 0. The highest BCUT2D eigenvalue weighted by Crippen LogP contribution is 2.38. The van der Waals surface area contributed by atoms with Crippen LogP contribution in [0.5, 0.6) is 0 Å². The van der Waals surface area contributed by atoms with Crippen LogP contribution in [0.15, 0.2) is 4.99 Å². The number of hydrogen-bond acceptors (Lipinski definition) is 4. The van der Waals surface area contributed by atoms with Crippen molar-refractivity contribution < 1.29 is 9.53 Å². The molecule has 0 aromatic heterocycles. The van der Waals surface area contributed by atoms with Gasteiger partial charge in [0.1, 0.15) is 0 Å². The van der Waals surface area contributed by atoms with Crippen molar-refractivity contribution in [2.24, 2.45) is 10.4 Å². The van der Waals surface area contributed by atoms with Crippen molar-refractivity contribution in [1.82, 2.24) is 20.0 Å². The van der Waals surface area contributed by atoms with E-state index in [1.807, 2.05) is 14.1 Å². The Kier molecular flexibility index (Phi) is 6.98. The average Bonchev–Trinajstić information content (AvgIpc) is 3.39. The number of carbonyl (C=O) groups excluding carboxylic acids is 1. The fraction of sp³-hybridized carbons (Fsp3) is 0.900. The number of likely N-dealkylation sites (N-methyl/N-ethyl adjacent to an activating group) is 1. The van der Waals surface area contributed by atoms with Crippen LogP contribution in [0.25, 0.3) is 0 Å². The van der Waals surface area contributed by atoms with Gasteiger partial charge in [-0.15, -0.1) is 0 Å². The maximum absolute atomic E-state index is 12.3. The highest BCUT2D eigenvalue weighted by atomic mass is 16.5. The van der Waals surface area contributed by atoms with Crippen LogP contribution in [0, 0.1) is 5.41 Å². The number of hydrogen-bond donors (Lipinski definition) is 1. The van der Waals surface area contributed by atoms with Gasteiger partial charge in [0.05, 0.1) is 12.6 Å². The van der Waals surface area contributed by atoms with E-state index in [1.165, 1.54) is 12.8 Å². The topological polar surface area (TPSA) is 60.4 Å². The Morgan fingerprint density at radius 3 is 2.89 bits per heavy atom. The first-order valence-electron chi connectivity index (χ1n) is 10.6. The Hall–Kier alpha value is -1.34. The van der Waals surface area contributed by atoms with Gasteiger partial charge in [0.2, 0.25) is 5.91 Å². The van der Waals surface area contributed by atoms with Crippen molar-refractivity contribution in [3.63, 3.8) is 0 Å². The zero-order chi connectivity index (χ0) is 19.3. The third kappa shape index (κ3) is 4.93. The molecule has 1 spiro atoms. The molecule has 3 aliphatic rings. The molecule has 2 unspecified atom stereocenters. The number of likely N-dealkylation sites (tertiary alicyclic amines) is 2. The molecule has 1 N–H and O–H groups in total. The van der Waals surface area contributed by atoms with Crippen LogP contribution < -0.4 is 5.32 Å². The van der Waals surface area contributed by atoms with Gasteiger partial charge in [0.15, 0.2) is 5.96 Å². The molecule has 7 heteroatoms. The maximum Gasteiger partial charge on any atom is 0.239 e. The third-order valence-corrected chi connectivity index (χ3v) is 6.21. The normalized spacial score (nSPS) is 29.1. The Morgan fingerprint density at radius 2 is 2.19 bits per heavy atom. The Labute approximate surface area is 164 Å². The second-order valence-electron chi connectivity index (χ2n) is 8.49. The van der Waals surface area contributed by atoms with Gasteiger partial charge in [0, 0.05) is 58.8 Å². The van der Waals surface area contributed by atoms with Crippen molar-refractivity contribution in [1.29, 1.82) is 0 Å². The number of amides is 1. The number of ether oxygens (including phenoxy) is 1. The predicted molar refractivity (Wildman–Crippen MR) is 108 cm³/mol. The minimum Gasteiger partial charge on any atom is -0.381 e. The zero-order valence-corrected chi connectivity index (χ0v) is 17.4. The molecule has 0 aliphatic carbocycles. The third-order valence-electron chi connectivity index (χ3n) is 6.21. The molecule has 3 fully saturated rings. The number of nitrogens with zero attached hydrogens (tertiary/aromatic N) is 4. The Morgan fingerprint density at radius 1 is 1.33 bits per heavy atom. The maximum atomic E-state index is 12.3. The summed E-state index contributed by atoms with van der Waals surface area (Å²) in [7, 11) is 3.70. The highest BCUT2D eigenvalue weighted by Gasteiger charge is 2.42. The summed E-state index contributed by atoms with van der Waals surface area (Å²) in [5.41, 5.74) is 0.353. The number of aliphatic imine (C=N–C) groups is 1. The van der Waals surface area contributed by atoms with E-state index in [9.17, 15) is 4.79 Å². The van der Waals surface area contributed by atoms with Crippen LogP contribution in [0.2, 0.25) is 0 Å². The summed E-state index contributed by atoms with van der Waals surface area (Å²) in [6, 6.07) is 0.0676. The van der Waals surface area contributed by atoms with Gasteiger partial charge >= 0.3 is 0 Å². The van der Waals surface area contributed by atoms with E-state index < -0.39 is 0 Å². The number of guanidine groups is 1. The quantitative estimate of drug-likeness (QED) is 0.424. The van der Waals surface area contributed by atoms with Gasteiger partial charge in [-0.25, -0.2) is 0 Å². The lowest BCUT2D eigenvalue weighted by Crippen LogP contribution is -2.43. The first-order chi connectivity index (χ1) is 13.0. The fourth-order valence-electron chi connectivity index (χ4n) is 4.64. The lowest BCUT2D eigenvalue weighted by Gasteiger charge is -2.26. The number of rotatable bonds is 6. The first kappa shape index (κ1) is 20.4. The molecule has 3 aliphatic heterocycles. The van der Waals surface area contributed by atoms with Gasteiger partial charge < -0.3 is 19.9 Å². The molecule has 3 heterocycles. The highest BCUT2D eigenvalue weighted by molar-refractivity contribution is 5.81. The van der Waals surface area contributed by atoms with Crippen LogP contribution in [-0.4, -0.2) is 99.2 Å². The SMILES string of the molecule is CCNC(=NCCCN1CCCC1C(=O)N(C)C)N1CCC2(CCOC2)C1. The lowest BCUT2D eigenvalue weighted by atomic mass is 9.87. The number of nitrogens with one attached hydrogen (secondary N) is 1.